The normalized spacial score (nSPS) is 16.0. The van der Waals surface area contributed by atoms with Gasteiger partial charge < -0.3 is 16.0 Å². The van der Waals surface area contributed by atoms with E-state index in [2.05, 4.69) is 20.0 Å². The Hall–Kier alpha value is -4.55. The molecule has 2 heterocycles. The van der Waals surface area contributed by atoms with Crippen molar-refractivity contribution in [3.8, 4) is 0 Å². The topological polar surface area (TPSA) is 201 Å². The van der Waals surface area contributed by atoms with Gasteiger partial charge in [-0.25, -0.2) is 21.8 Å². The molecule has 17 heteroatoms. The van der Waals surface area contributed by atoms with Crippen molar-refractivity contribution in [3.63, 3.8) is 0 Å². The number of amidine groups is 1. The van der Waals surface area contributed by atoms with Gasteiger partial charge >= 0.3 is 0 Å². The third-order valence-corrected chi connectivity index (χ3v) is 12.2. The highest BCUT2D eigenvalue weighted by Crippen LogP contribution is 2.25. The Kier molecular flexibility index (Phi) is 10.6. The van der Waals surface area contributed by atoms with Crippen LogP contribution in [0, 0.1) is 6.92 Å². The Balaban J connectivity index is 1.38. The predicted octanol–water partition coefficient (Wildman–Crippen LogP) is 1.88. The maximum absolute atomic E-state index is 14.0. The molecule has 4 aromatic rings. The van der Waals surface area contributed by atoms with Crippen LogP contribution in [0.15, 0.2) is 93.1 Å². The third kappa shape index (κ3) is 8.02. The van der Waals surface area contributed by atoms with E-state index in [1.165, 1.54) is 36.8 Å². The highest BCUT2D eigenvalue weighted by atomic mass is 32.2. The van der Waals surface area contributed by atoms with Crippen LogP contribution in [-0.2, 0) is 29.6 Å². The number of nitrogens with one attached hydrogen (secondary N) is 2. The first-order valence-corrected chi connectivity index (χ1v) is 18.9. The lowest BCUT2D eigenvalue weighted by Crippen LogP contribution is -2.67. The molecule has 1 fully saturated rings. The summed E-state index contributed by atoms with van der Waals surface area (Å²) < 4.78 is 57.7. The maximum Gasteiger partial charge on any atom is 0.243 e. The lowest BCUT2D eigenvalue weighted by Gasteiger charge is -2.36. The van der Waals surface area contributed by atoms with Crippen LogP contribution in [0.2, 0.25) is 0 Å². The number of carbonyl (C=O) groups is 3. The smallest absolute Gasteiger partial charge is 0.243 e. The van der Waals surface area contributed by atoms with Gasteiger partial charge in [-0.05, 0) is 48.4 Å². The number of thiazole rings is 1. The summed E-state index contributed by atoms with van der Waals surface area (Å²) in [4.78, 5) is 49.9. The summed E-state index contributed by atoms with van der Waals surface area (Å²) in [6, 6.07) is 17.9. The number of hydrogen-bond donors (Lipinski definition) is 3. The van der Waals surface area contributed by atoms with Crippen molar-refractivity contribution >= 4 is 65.6 Å². The number of nitrogens with zero attached hydrogens (tertiary/aromatic N) is 4. The molecule has 0 radical (unpaired) electrons. The molecule has 2 amide bonds. The molecule has 0 unspecified atom stereocenters. The first-order valence-electron chi connectivity index (χ1n) is 15.1. The standard InChI is InChI=1S/C32H35N7O7S3/c1-22-7-10-25(11-8-22)48(43,44)37-32(14-13-27(33)34-2,30(42)31-35-15-18-47-31)36-28(40)20-38-16-17-39(21-29(38)41)49(45,46)26-12-9-23-5-3-4-6-24(23)19-26/h3-12,15,18-19,37H,13-14,16-17,20-21H2,1-2H3,(H2,33,34)(H,36,40)/t32-/m0/s1. The average Bonchev–Trinajstić information content (AvgIpc) is 3.62. The zero-order chi connectivity index (χ0) is 35.4. The van der Waals surface area contributed by atoms with Gasteiger partial charge in [-0.3, -0.25) is 19.4 Å². The minimum Gasteiger partial charge on any atom is -0.387 e. The van der Waals surface area contributed by atoms with Gasteiger partial charge in [-0.2, -0.15) is 9.03 Å². The number of rotatable bonds is 13. The molecule has 1 atom stereocenters. The maximum atomic E-state index is 14.0. The summed E-state index contributed by atoms with van der Waals surface area (Å²) >= 11 is 0.951. The summed E-state index contributed by atoms with van der Waals surface area (Å²) in [5.74, 6) is -2.26. The summed E-state index contributed by atoms with van der Waals surface area (Å²) in [6.07, 6.45) is 0.941. The van der Waals surface area contributed by atoms with Gasteiger partial charge in [0.25, 0.3) is 0 Å². The number of aliphatic imine (C=N–C) groups is 1. The Morgan fingerprint density at radius 2 is 1.69 bits per heavy atom. The highest BCUT2D eigenvalue weighted by molar-refractivity contribution is 7.89. The monoisotopic (exact) mass is 725 g/mol. The van der Waals surface area contributed by atoms with E-state index in [0.717, 1.165) is 36.9 Å². The number of aromatic nitrogens is 1. The number of fused-ring (bicyclic) bond motifs is 1. The van der Waals surface area contributed by atoms with Gasteiger partial charge in [-0.1, -0.05) is 48.0 Å². The number of piperazine rings is 1. The van der Waals surface area contributed by atoms with E-state index >= 15 is 0 Å². The van der Waals surface area contributed by atoms with E-state index in [4.69, 9.17) is 5.73 Å². The van der Waals surface area contributed by atoms with E-state index in [-0.39, 0.29) is 46.6 Å². The van der Waals surface area contributed by atoms with Crippen LogP contribution < -0.4 is 15.8 Å². The number of benzene rings is 3. The quantitative estimate of drug-likeness (QED) is 0.0797. The molecule has 1 aromatic heterocycles. The molecule has 0 bridgehead atoms. The third-order valence-electron chi connectivity index (χ3n) is 8.03. The zero-order valence-corrected chi connectivity index (χ0v) is 29.1. The van der Waals surface area contributed by atoms with Crippen LogP contribution in [-0.4, -0.2) is 93.3 Å². The lowest BCUT2D eigenvalue weighted by atomic mass is 9.98. The van der Waals surface area contributed by atoms with Crippen LogP contribution in [0.4, 0.5) is 0 Å². The minimum atomic E-state index is -4.42. The van der Waals surface area contributed by atoms with Crippen LogP contribution in [0.1, 0.15) is 28.2 Å². The van der Waals surface area contributed by atoms with E-state index in [1.54, 1.807) is 43.3 Å². The molecule has 0 spiro atoms. The van der Waals surface area contributed by atoms with Crippen molar-refractivity contribution in [1.82, 2.24) is 24.2 Å². The second kappa shape index (κ2) is 14.5. The molecular formula is C32H35N7O7S3. The largest absolute Gasteiger partial charge is 0.387 e. The van der Waals surface area contributed by atoms with Crippen LogP contribution in [0.5, 0.6) is 0 Å². The first-order chi connectivity index (χ1) is 23.2. The molecule has 1 aliphatic rings. The zero-order valence-electron chi connectivity index (χ0n) is 26.7. The second-order valence-electron chi connectivity index (χ2n) is 11.4. The van der Waals surface area contributed by atoms with Gasteiger partial charge in [0, 0.05) is 38.1 Å². The first kappa shape index (κ1) is 35.7. The molecular weight excluding hydrogens is 691 g/mol. The number of ketones is 1. The Bertz CT molecular complexity index is 2120. The van der Waals surface area contributed by atoms with Gasteiger partial charge in [0.2, 0.25) is 37.6 Å². The lowest BCUT2D eigenvalue weighted by molar-refractivity contribution is -0.139. The number of sulfonamides is 2. The number of nitrogens with two attached hydrogens (primary N) is 1. The molecule has 14 nitrogen and oxygen atoms in total. The van der Waals surface area contributed by atoms with Gasteiger partial charge in [0.15, 0.2) is 10.7 Å². The van der Waals surface area contributed by atoms with Crippen molar-refractivity contribution < 1.29 is 31.2 Å². The van der Waals surface area contributed by atoms with Crippen molar-refractivity contribution in [2.75, 3.05) is 33.2 Å². The van der Waals surface area contributed by atoms with Crippen molar-refractivity contribution in [3.05, 3.63) is 88.9 Å². The summed E-state index contributed by atoms with van der Waals surface area (Å²) in [5, 5.41) is 5.58. The molecule has 0 aliphatic carbocycles. The molecule has 258 valence electrons. The van der Waals surface area contributed by atoms with Crippen LogP contribution in [0.3, 0.4) is 0 Å². The van der Waals surface area contributed by atoms with Crippen LogP contribution >= 0.6 is 11.3 Å². The Morgan fingerprint density at radius 1 is 1.00 bits per heavy atom. The number of amides is 2. The molecule has 5 rings (SSSR count). The fourth-order valence-corrected chi connectivity index (χ4v) is 8.68. The predicted molar refractivity (Wildman–Crippen MR) is 185 cm³/mol. The Labute approximate surface area is 288 Å². The number of carbonyl (C=O) groups excluding carboxylic acids is 3. The number of hydrogen-bond acceptors (Lipinski definition) is 10. The molecule has 3 aromatic carbocycles. The number of Topliss-reactive ketones (excluding diaryl/α,β-unsaturated/α-hetero) is 1. The molecule has 1 aliphatic heterocycles. The molecule has 0 saturated carbocycles. The number of aryl methyl sites for hydroxylation is 1. The summed E-state index contributed by atoms with van der Waals surface area (Å²) in [7, 11) is -7.03. The van der Waals surface area contributed by atoms with E-state index in [0.29, 0.717) is 0 Å². The molecule has 1 saturated heterocycles. The SMILES string of the molecule is CN=C(N)CC[C@](NC(=O)CN1CCN(S(=O)(=O)c2ccc3ccccc3c2)CC1=O)(NS(=O)(=O)c1ccc(C)cc1)C(=O)c1nccs1. The van der Waals surface area contributed by atoms with E-state index in [9.17, 15) is 31.2 Å². The van der Waals surface area contributed by atoms with Gasteiger partial charge in [0.05, 0.1) is 28.7 Å². The second-order valence-corrected chi connectivity index (χ2v) is 15.9. The van der Waals surface area contributed by atoms with Crippen LogP contribution in [0.25, 0.3) is 10.8 Å². The van der Waals surface area contributed by atoms with Crippen molar-refractivity contribution in [1.29, 1.82) is 0 Å². The van der Waals surface area contributed by atoms with Crippen molar-refractivity contribution in [2.45, 2.75) is 35.2 Å². The van der Waals surface area contributed by atoms with E-state index in [1.807, 2.05) is 12.1 Å². The Morgan fingerprint density at radius 3 is 2.35 bits per heavy atom. The van der Waals surface area contributed by atoms with E-state index < -0.39 is 56.4 Å². The summed E-state index contributed by atoms with van der Waals surface area (Å²) in [5.41, 5.74) is 4.46. The summed E-state index contributed by atoms with van der Waals surface area (Å²) in [6.45, 7) is 0.458. The van der Waals surface area contributed by atoms with Gasteiger partial charge in [0.1, 0.15) is 0 Å². The molecule has 49 heavy (non-hydrogen) atoms. The fraction of sp³-hybridized carbons (Fsp3) is 0.281. The highest BCUT2D eigenvalue weighted by Gasteiger charge is 2.46. The minimum absolute atomic E-state index is 0.0337. The average molecular weight is 726 g/mol. The molecule has 4 N–H and O–H groups in total. The fourth-order valence-electron chi connectivity index (χ4n) is 5.29. The van der Waals surface area contributed by atoms with Gasteiger partial charge in [-0.15, -0.1) is 11.3 Å². The van der Waals surface area contributed by atoms with Crippen molar-refractivity contribution in [2.24, 2.45) is 10.7 Å².